The van der Waals surface area contributed by atoms with Gasteiger partial charge in [-0.1, -0.05) is 0 Å². The molecule has 0 bridgehead atoms. The first-order valence-electron chi connectivity index (χ1n) is 3.35. The van der Waals surface area contributed by atoms with Crippen LogP contribution in [0.2, 0.25) is 0 Å². The van der Waals surface area contributed by atoms with Crippen LogP contribution in [0.15, 0.2) is 9.85 Å². The number of carbonyl (C=O) groups excluding carboxylic acids is 1. The lowest BCUT2D eigenvalue weighted by Gasteiger charge is -2.06. The molecule has 0 unspecified atom stereocenters. The third-order valence-corrected chi connectivity index (χ3v) is 2.41. The molecule has 0 aliphatic carbocycles. The molecule has 0 spiro atoms. The summed E-state index contributed by atoms with van der Waals surface area (Å²) in [4.78, 5) is 11.0. The molecular weight excluding hydrogens is 285 g/mol. The molecule has 1 aromatic rings. The van der Waals surface area contributed by atoms with Crippen molar-refractivity contribution in [1.82, 2.24) is 9.69 Å². The second-order valence-electron chi connectivity index (χ2n) is 2.31. The normalized spacial score (nSPS) is 11.4. The lowest BCUT2D eigenvalue weighted by molar-refractivity contribution is -0.123. The van der Waals surface area contributed by atoms with E-state index in [-0.39, 0.29) is 5.69 Å². The molecule has 1 N–H and O–H groups in total. The van der Waals surface area contributed by atoms with E-state index in [9.17, 15) is 18.0 Å². The van der Waals surface area contributed by atoms with Crippen molar-refractivity contribution in [1.29, 1.82) is 0 Å². The number of nitrogens with zero attached hydrogens (tertiary/aromatic N) is 1. The van der Waals surface area contributed by atoms with Crippen LogP contribution in [-0.2, 0) is 0 Å². The van der Waals surface area contributed by atoms with Crippen LogP contribution in [0, 0.1) is 0 Å². The van der Waals surface area contributed by atoms with Crippen LogP contribution < -0.4 is 5.32 Å². The smallest absolute Gasteiger partial charge is 0.342 e. The van der Waals surface area contributed by atoms with Gasteiger partial charge < -0.3 is 5.32 Å². The zero-order valence-electron chi connectivity index (χ0n) is 6.56. The van der Waals surface area contributed by atoms with Crippen molar-refractivity contribution in [3.8, 4) is 0 Å². The largest absolute Gasteiger partial charge is 0.405 e. The van der Waals surface area contributed by atoms with Gasteiger partial charge in [0.25, 0.3) is 5.91 Å². The van der Waals surface area contributed by atoms with Crippen LogP contribution in [-0.4, -0.2) is 23.0 Å². The summed E-state index contributed by atoms with van der Waals surface area (Å²) in [6, 6.07) is 1.36. The highest BCUT2D eigenvalue weighted by molar-refractivity contribution is 9.11. The van der Waals surface area contributed by atoms with Gasteiger partial charge >= 0.3 is 6.18 Å². The molecule has 14 heavy (non-hydrogen) atoms. The minimum atomic E-state index is -4.40. The number of nitrogens with one attached hydrogen (secondary N) is 1. The molecule has 8 heteroatoms. The Balaban J connectivity index is 2.52. The Bertz CT molecular complexity index is 338. The van der Waals surface area contributed by atoms with Crippen molar-refractivity contribution >= 4 is 33.4 Å². The van der Waals surface area contributed by atoms with Gasteiger partial charge in [0.1, 0.15) is 12.2 Å². The molecule has 1 rings (SSSR count). The predicted molar refractivity (Wildman–Crippen MR) is 48.2 cm³/mol. The van der Waals surface area contributed by atoms with Gasteiger partial charge in [-0.05, 0) is 33.5 Å². The Morgan fingerprint density at radius 2 is 2.29 bits per heavy atom. The summed E-state index contributed by atoms with van der Waals surface area (Å²) in [5.74, 6) is -0.829. The monoisotopic (exact) mass is 288 g/mol. The SMILES string of the molecule is O=C(NCC(F)(F)F)c1cc(Br)sn1. The number of amides is 1. The van der Waals surface area contributed by atoms with Crippen molar-refractivity contribution in [2.24, 2.45) is 0 Å². The first kappa shape index (κ1) is 11.4. The quantitative estimate of drug-likeness (QED) is 0.907. The fourth-order valence-corrected chi connectivity index (χ4v) is 1.55. The zero-order chi connectivity index (χ0) is 10.8. The van der Waals surface area contributed by atoms with Crippen molar-refractivity contribution in [3.05, 3.63) is 15.5 Å². The van der Waals surface area contributed by atoms with Crippen LogP contribution >= 0.6 is 27.5 Å². The number of hydrogen-bond donors (Lipinski definition) is 1. The predicted octanol–water partition coefficient (Wildman–Crippen LogP) is 2.20. The van der Waals surface area contributed by atoms with E-state index in [2.05, 4.69) is 20.3 Å². The van der Waals surface area contributed by atoms with Gasteiger partial charge in [0, 0.05) is 0 Å². The molecule has 0 saturated heterocycles. The van der Waals surface area contributed by atoms with Gasteiger partial charge in [-0.15, -0.1) is 0 Å². The molecule has 0 saturated carbocycles. The fourth-order valence-electron chi connectivity index (χ4n) is 0.631. The summed E-state index contributed by atoms with van der Waals surface area (Å²) in [5, 5.41) is 1.71. The number of aromatic nitrogens is 1. The van der Waals surface area contributed by atoms with Crippen molar-refractivity contribution in [2.45, 2.75) is 6.18 Å². The Kier molecular flexibility index (Phi) is 3.48. The highest BCUT2D eigenvalue weighted by Crippen LogP contribution is 2.17. The van der Waals surface area contributed by atoms with E-state index in [1.807, 2.05) is 0 Å². The highest BCUT2D eigenvalue weighted by Gasteiger charge is 2.28. The molecule has 0 atom stereocenters. The Morgan fingerprint density at radius 1 is 1.64 bits per heavy atom. The third kappa shape index (κ3) is 3.62. The lowest BCUT2D eigenvalue weighted by Crippen LogP contribution is -2.33. The molecule has 0 aromatic carbocycles. The average Bonchev–Trinajstić information content (AvgIpc) is 2.46. The fraction of sp³-hybridized carbons (Fsp3) is 0.333. The number of alkyl halides is 3. The molecule has 3 nitrogen and oxygen atoms in total. The van der Waals surface area contributed by atoms with E-state index >= 15 is 0 Å². The van der Waals surface area contributed by atoms with Gasteiger partial charge in [0.05, 0.1) is 3.79 Å². The molecule has 1 aromatic heterocycles. The standard InChI is InChI=1S/C6H4BrF3N2OS/c7-4-1-3(12-14-4)5(13)11-2-6(8,9)10/h1H,2H2,(H,11,13). The van der Waals surface area contributed by atoms with Crippen molar-refractivity contribution in [2.75, 3.05) is 6.54 Å². The minimum absolute atomic E-state index is 0.0221. The number of hydrogen-bond acceptors (Lipinski definition) is 3. The maximum Gasteiger partial charge on any atom is 0.405 e. The number of halogens is 4. The van der Waals surface area contributed by atoms with Crippen LogP contribution in [0.25, 0.3) is 0 Å². The van der Waals surface area contributed by atoms with E-state index in [0.29, 0.717) is 3.79 Å². The van der Waals surface area contributed by atoms with Crippen LogP contribution in [0.3, 0.4) is 0 Å². The zero-order valence-corrected chi connectivity index (χ0v) is 8.96. The van der Waals surface area contributed by atoms with E-state index in [0.717, 1.165) is 11.5 Å². The van der Waals surface area contributed by atoms with E-state index in [4.69, 9.17) is 0 Å². The molecule has 0 fully saturated rings. The molecule has 78 valence electrons. The second kappa shape index (κ2) is 4.26. The first-order chi connectivity index (χ1) is 6.38. The summed E-state index contributed by atoms with van der Waals surface area (Å²) < 4.78 is 39.3. The lowest BCUT2D eigenvalue weighted by atomic mass is 10.4. The topological polar surface area (TPSA) is 42.0 Å². The van der Waals surface area contributed by atoms with E-state index in [1.165, 1.54) is 6.07 Å². The van der Waals surface area contributed by atoms with Crippen molar-refractivity contribution < 1.29 is 18.0 Å². The second-order valence-corrected chi connectivity index (χ2v) is 4.50. The summed E-state index contributed by atoms with van der Waals surface area (Å²) in [6.07, 6.45) is -4.40. The Labute approximate surface area is 89.6 Å². The Morgan fingerprint density at radius 3 is 2.71 bits per heavy atom. The van der Waals surface area contributed by atoms with Crippen LogP contribution in [0.1, 0.15) is 10.5 Å². The molecule has 1 amide bonds. The molecule has 0 aliphatic rings. The van der Waals surface area contributed by atoms with Gasteiger partial charge in [0.2, 0.25) is 0 Å². The van der Waals surface area contributed by atoms with Gasteiger partial charge in [-0.2, -0.15) is 17.5 Å². The summed E-state index contributed by atoms with van der Waals surface area (Å²) in [5.41, 5.74) is -0.0221. The average molecular weight is 289 g/mol. The summed E-state index contributed by atoms with van der Waals surface area (Å²) in [6.45, 7) is -1.35. The van der Waals surface area contributed by atoms with Crippen LogP contribution in [0.5, 0.6) is 0 Å². The van der Waals surface area contributed by atoms with Crippen molar-refractivity contribution in [3.63, 3.8) is 0 Å². The maximum atomic E-state index is 11.7. The maximum absolute atomic E-state index is 11.7. The highest BCUT2D eigenvalue weighted by atomic mass is 79.9. The molecule has 1 heterocycles. The van der Waals surface area contributed by atoms with E-state index in [1.54, 1.807) is 5.32 Å². The third-order valence-electron chi connectivity index (χ3n) is 1.16. The minimum Gasteiger partial charge on any atom is -0.342 e. The first-order valence-corrected chi connectivity index (χ1v) is 4.92. The number of carbonyl (C=O) groups is 1. The summed E-state index contributed by atoms with van der Waals surface area (Å²) >= 11 is 4.04. The Hall–Kier alpha value is -0.630. The van der Waals surface area contributed by atoms with Gasteiger partial charge in [-0.25, -0.2) is 0 Å². The van der Waals surface area contributed by atoms with Crippen LogP contribution in [0.4, 0.5) is 13.2 Å². The van der Waals surface area contributed by atoms with Gasteiger partial charge in [-0.3, -0.25) is 4.79 Å². The molecule has 0 radical (unpaired) electrons. The number of rotatable bonds is 2. The molecular formula is C6H4BrF3N2OS. The van der Waals surface area contributed by atoms with E-state index < -0.39 is 18.6 Å². The summed E-state index contributed by atoms with van der Waals surface area (Å²) in [7, 11) is 0. The molecule has 0 aliphatic heterocycles. The van der Waals surface area contributed by atoms with Gasteiger partial charge in [0.15, 0.2) is 0 Å².